The van der Waals surface area contributed by atoms with Crippen molar-refractivity contribution in [3.63, 3.8) is 0 Å². The predicted molar refractivity (Wildman–Crippen MR) is 95.7 cm³/mol. The summed E-state index contributed by atoms with van der Waals surface area (Å²) in [5.41, 5.74) is 1.81. The molecule has 0 radical (unpaired) electrons. The molecule has 0 saturated heterocycles. The molecule has 0 aliphatic carbocycles. The maximum Gasteiger partial charge on any atom is 0.167 e. The van der Waals surface area contributed by atoms with E-state index in [4.69, 9.17) is 4.74 Å². The van der Waals surface area contributed by atoms with Crippen molar-refractivity contribution in [2.45, 2.75) is 6.61 Å². The van der Waals surface area contributed by atoms with E-state index in [0.717, 1.165) is 22.1 Å². The quantitative estimate of drug-likeness (QED) is 0.461. The van der Waals surface area contributed by atoms with Crippen molar-refractivity contribution in [1.82, 2.24) is 4.98 Å². The summed E-state index contributed by atoms with van der Waals surface area (Å²) < 4.78 is 33.2. The van der Waals surface area contributed by atoms with Crippen LogP contribution in [0.2, 0.25) is 0 Å². The molecule has 0 aliphatic rings. The van der Waals surface area contributed by atoms with Crippen LogP contribution in [0.4, 0.5) is 8.78 Å². The van der Waals surface area contributed by atoms with Crippen molar-refractivity contribution < 1.29 is 13.5 Å². The molecule has 2 aromatic carbocycles. The zero-order valence-corrected chi connectivity index (χ0v) is 13.9. The van der Waals surface area contributed by atoms with E-state index in [2.05, 4.69) is 23.2 Å². The first kappa shape index (κ1) is 15.7. The molecule has 0 unspecified atom stereocenters. The van der Waals surface area contributed by atoms with E-state index in [1.807, 2.05) is 18.2 Å². The summed E-state index contributed by atoms with van der Waals surface area (Å²) in [7, 11) is 0. The number of hydrogen-bond acceptors (Lipinski definition) is 3. The van der Waals surface area contributed by atoms with Crippen LogP contribution in [-0.4, -0.2) is 4.98 Å². The smallest absolute Gasteiger partial charge is 0.167 e. The highest BCUT2D eigenvalue weighted by atomic mass is 32.1. The Bertz CT molecular complexity index is 1010. The van der Waals surface area contributed by atoms with E-state index >= 15 is 0 Å². The van der Waals surface area contributed by atoms with Gasteiger partial charge >= 0.3 is 0 Å². The Kier molecular flexibility index (Phi) is 4.15. The maximum atomic E-state index is 13.6. The number of ether oxygens (including phenoxy) is 1. The fourth-order valence-electron chi connectivity index (χ4n) is 2.58. The normalized spacial score (nSPS) is 11.0. The average molecular weight is 353 g/mol. The van der Waals surface area contributed by atoms with Gasteiger partial charge in [0, 0.05) is 39.2 Å². The molecule has 0 atom stereocenters. The molecule has 4 aromatic rings. The van der Waals surface area contributed by atoms with Gasteiger partial charge in [-0.2, -0.15) is 0 Å². The molecule has 2 nitrogen and oxygen atoms in total. The molecule has 4 rings (SSSR count). The van der Waals surface area contributed by atoms with Crippen LogP contribution < -0.4 is 4.74 Å². The molecule has 0 amide bonds. The standard InChI is InChI=1S/C20H13F2NOS/c21-16-5-6-18(17(22)9-16)24-12-13-7-15(11-23-10-13)20-8-14-3-1-2-4-19(14)25-20/h1-11H,12H2. The molecule has 0 bridgehead atoms. The number of halogens is 2. The fraction of sp³-hybridized carbons (Fsp3) is 0.0500. The molecule has 5 heteroatoms. The van der Waals surface area contributed by atoms with Crippen molar-refractivity contribution in [2.24, 2.45) is 0 Å². The summed E-state index contributed by atoms with van der Waals surface area (Å²) in [5.74, 6) is -1.32. The zero-order chi connectivity index (χ0) is 17.2. The van der Waals surface area contributed by atoms with Gasteiger partial charge in [-0.05, 0) is 35.7 Å². The van der Waals surface area contributed by atoms with Gasteiger partial charge in [-0.1, -0.05) is 18.2 Å². The number of hydrogen-bond donors (Lipinski definition) is 0. The summed E-state index contributed by atoms with van der Waals surface area (Å²) in [6.45, 7) is 0.161. The van der Waals surface area contributed by atoms with Gasteiger partial charge in [0.25, 0.3) is 0 Å². The van der Waals surface area contributed by atoms with Gasteiger partial charge in [0.2, 0.25) is 0 Å². The Hall–Kier alpha value is -2.79. The molecule has 2 heterocycles. The van der Waals surface area contributed by atoms with E-state index in [1.54, 1.807) is 23.7 Å². The lowest BCUT2D eigenvalue weighted by Gasteiger charge is -2.08. The first-order chi connectivity index (χ1) is 12.2. The fourth-order valence-corrected chi connectivity index (χ4v) is 3.62. The Balaban J connectivity index is 1.56. The van der Waals surface area contributed by atoms with E-state index in [0.29, 0.717) is 0 Å². The molecule has 0 N–H and O–H groups in total. The van der Waals surface area contributed by atoms with Gasteiger partial charge in [0.1, 0.15) is 12.4 Å². The van der Waals surface area contributed by atoms with Crippen LogP contribution in [0.3, 0.4) is 0 Å². The van der Waals surface area contributed by atoms with Crippen LogP contribution in [0, 0.1) is 11.6 Å². The second-order valence-electron chi connectivity index (χ2n) is 5.59. The Labute approximate surface area is 147 Å². The number of benzene rings is 2. The van der Waals surface area contributed by atoms with E-state index < -0.39 is 11.6 Å². The monoisotopic (exact) mass is 353 g/mol. The molecular weight excluding hydrogens is 340 g/mol. The van der Waals surface area contributed by atoms with Crippen molar-refractivity contribution in [3.8, 4) is 16.2 Å². The molecule has 25 heavy (non-hydrogen) atoms. The van der Waals surface area contributed by atoms with Gasteiger partial charge in [-0.25, -0.2) is 8.78 Å². The number of pyridine rings is 1. The number of thiophene rings is 1. The Morgan fingerprint density at radius 2 is 1.84 bits per heavy atom. The van der Waals surface area contributed by atoms with Gasteiger partial charge in [0.05, 0.1) is 0 Å². The van der Waals surface area contributed by atoms with Crippen LogP contribution in [0.1, 0.15) is 5.56 Å². The summed E-state index contributed by atoms with van der Waals surface area (Å²) in [5, 5.41) is 1.19. The summed E-state index contributed by atoms with van der Waals surface area (Å²) >= 11 is 1.70. The van der Waals surface area contributed by atoms with Crippen molar-refractivity contribution in [1.29, 1.82) is 0 Å². The molecule has 0 saturated carbocycles. The minimum atomic E-state index is -0.714. The van der Waals surface area contributed by atoms with Crippen LogP contribution >= 0.6 is 11.3 Å². The molecule has 124 valence electrons. The van der Waals surface area contributed by atoms with Crippen molar-refractivity contribution >= 4 is 21.4 Å². The molecule has 0 fully saturated rings. The van der Waals surface area contributed by atoms with E-state index in [1.165, 1.54) is 22.2 Å². The third-order valence-corrected chi connectivity index (χ3v) is 4.96. The number of aromatic nitrogens is 1. The predicted octanol–water partition coefficient (Wildman–Crippen LogP) is 5.82. The van der Waals surface area contributed by atoms with Crippen LogP contribution in [0.25, 0.3) is 20.5 Å². The molecule has 2 aromatic heterocycles. The molecule has 0 spiro atoms. The van der Waals surface area contributed by atoms with E-state index in [-0.39, 0.29) is 12.4 Å². The lowest BCUT2D eigenvalue weighted by Crippen LogP contribution is -1.98. The second kappa shape index (κ2) is 6.61. The lowest BCUT2D eigenvalue weighted by molar-refractivity contribution is 0.289. The SMILES string of the molecule is Fc1ccc(OCc2cncc(-c3cc4ccccc4s3)c2)c(F)c1. The minimum absolute atomic E-state index is 0.0219. The number of fused-ring (bicyclic) bond motifs is 1. The van der Waals surface area contributed by atoms with Crippen LogP contribution in [0.15, 0.2) is 67.0 Å². The highest BCUT2D eigenvalue weighted by Gasteiger charge is 2.08. The van der Waals surface area contributed by atoms with Crippen LogP contribution in [0.5, 0.6) is 5.75 Å². The first-order valence-corrected chi connectivity index (χ1v) is 8.51. The average Bonchev–Trinajstić information content (AvgIpc) is 3.05. The zero-order valence-electron chi connectivity index (χ0n) is 13.1. The highest BCUT2D eigenvalue weighted by molar-refractivity contribution is 7.22. The number of rotatable bonds is 4. The first-order valence-electron chi connectivity index (χ1n) is 7.70. The molecule has 0 aliphatic heterocycles. The second-order valence-corrected chi connectivity index (χ2v) is 6.68. The highest BCUT2D eigenvalue weighted by Crippen LogP contribution is 2.33. The summed E-state index contributed by atoms with van der Waals surface area (Å²) in [6, 6.07) is 15.6. The topological polar surface area (TPSA) is 22.1 Å². The van der Waals surface area contributed by atoms with Gasteiger partial charge in [-0.15, -0.1) is 11.3 Å². The van der Waals surface area contributed by atoms with Gasteiger partial charge in [-0.3, -0.25) is 4.98 Å². The van der Waals surface area contributed by atoms with E-state index in [9.17, 15) is 8.78 Å². The maximum absolute atomic E-state index is 13.6. The third kappa shape index (κ3) is 3.37. The Morgan fingerprint density at radius 3 is 2.68 bits per heavy atom. The summed E-state index contributed by atoms with van der Waals surface area (Å²) in [6.07, 6.45) is 3.48. The largest absolute Gasteiger partial charge is 0.486 e. The van der Waals surface area contributed by atoms with Gasteiger partial charge < -0.3 is 4.74 Å². The van der Waals surface area contributed by atoms with Crippen molar-refractivity contribution in [2.75, 3.05) is 0 Å². The molecular formula is C20H13F2NOS. The minimum Gasteiger partial charge on any atom is -0.486 e. The van der Waals surface area contributed by atoms with Gasteiger partial charge in [0.15, 0.2) is 11.6 Å². The Morgan fingerprint density at radius 1 is 0.960 bits per heavy atom. The number of nitrogens with zero attached hydrogens (tertiary/aromatic N) is 1. The third-order valence-electron chi connectivity index (χ3n) is 3.79. The summed E-state index contributed by atoms with van der Waals surface area (Å²) in [4.78, 5) is 5.37. The van der Waals surface area contributed by atoms with Crippen LogP contribution in [-0.2, 0) is 6.61 Å². The van der Waals surface area contributed by atoms with Crippen molar-refractivity contribution in [3.05, 3.63) is 84.2 Å². The lowest BCUT2D eigenvalue weighted by atomic mass is 10.1.